The van der Waals surface area contributed by atoms with Gasteiger partial charge in [0.1, 0.15) is 12.1 Å². The van der Waals surface area contributed by atoms with Gasteiger partial charge in [-0.15, -0.1) is 0 Å². The van der Waals surface area contributed by atoms with Crippen molar-refractivity contribution in [1.29, 1.82) is 0 Å². The fraction of sp³-hybridized carbons (Fsp3) is 0.318. The molecule has 1 aliphatic heterocycles. The summed E-state index contributed by atoms with van der Waals surface area (Å²) in [6.07, 6.45) is 2.08. The number of benzene rings is 2. The maximum atomic E-state index is 13.1. The first-order chi connectivity index (χ1) is 14.3. The lowest BCUT2D eigenvalue weighted by atomic mass is 9.92. The van der Waals surface area contributed by atoms with Crippen LogP contribution in [0.3, 0.4) is 0 Å². The van der Waals surface area contributed by atoms with Gasteiger partial charge in [0.25, 0.3) is 5.91 Å². The van der Waals surface area contributed by atoms with Crippen LogP contribution in [0, 0.1) is 5.92 Å². The van der Waals surface area contributed by atoms with Gasteiger partial charge < -0.3 is 10.6 Å². The second-order valence-electron chi connectivity index (χ2n) is 7.87. The lowest BCUT2D eigenvalue weighted by molar-refractivity contribution is -0.135. The zero-order chi connectivity index (χ0) is 21.5. The number of urea groups is 1. The highest BCUT2D eigenvalue weighted by molar-refractivity contribution is 6.42. The minimum atomic E-state index is -1.32. The molecule has 2 N–H and O–H groups in total. The molecule has 2 atom stereocenters. The molecule has 2 aromatic carbocycles. The molecule has 6 nitrogen and oxygen atoms in total. The van der Waals surface area contributed by atoms with Crippen LogP contribution in [0.5, 0.6) is 0 Å². The van der Waals surface area contributed by atoms with Gasteiger partial charge in [0.2, 0.25) is 5.91 Å². The third kappa shape index (κ3) is 3.89. The van der Waals surface area contributed by atoms with Crippen molar-refractivity contribution < 1.29 is 14.4 Å². The summed E-state index contributed by atoms with van der Waals surface area (Å²) in [6, 6.07) is 13.7. The number of rotatable bonds is 6. The van der Waals surface area contributed by atoms with E-state index in [0.717, 1.165) is 23.3 Å². The summed E-state index contributed by atoms with van der Waals surface area (Å²) < 4.78 is 0. The van der Waals surface area contributed by atoms with Gasteiger partial charge in [-0.3, -0.25) is 14.5 Å². The summed E-state index contributed by atoms with van der Waals surface area (Å²) in [6.45, 7) is 1.24. The van der Waals surface area contributed by atoms with E-state index in [1.807, 2.05) is 30.3 Å². The Kier molecular flexibility index (Phi) is 5.47. The molecule has 1 saturated carbocycles. The van der Waals surface area contributed by atoms with E-state index >= 15 is 0 Å². The predicted molar refractivity (Wildman–Crippen MR) is 114 cm³/mol. The maximum absolute atomic E-state index is 13.1. The Bertz CT molecular complexity index is 1010. The summed E-state index contributed by atoms with van der Waals surface area (Å²) in [5, 5.41) is 6.30. The van der Waals surface area contributed by atoms with Crippen LogP contribution >= 0.6 is 23.2 Å². The molecule has 1 heterocycles. The van der Waals surface area contributed by atoms with E-state index in [4.69, 9.17) is 23.2 Å². The Morgan fingerprint density at radius 3 is 2.50 bits per heavy atom. The maximum Gasteiger partial charge on any atom is 0.325 e. The van der Waals surface area contributed by atoms with Gasteiger partial charge in [-0.1, -0.05) is 59.6 Å². The molecule has 2 unspecified atom stereocenters. The quantitative estimate of drug-likeness (QED) is 0.658. The molecule has 0 spiro atoms. The third-order valence-electron chi connectivity index (χ3n) is 5.64. The van der Waals surface area contributed by atoms with Gasteiger partial charge in [-0.25, -0.2) is 4.79 Å². The van der Waals surface area contributed by atoms with Crippen molar-refractivity contribution >= 4 is 41.0 Å². The van der Waals surface area contributed by atoms with Crippen LogP contribution in [0.25, 0.3) is 0 Å². The highest BCUT2D eigenvalue weighted by atomic mass is 35.5. The summed E-state index contributed by atoms with van der Waals surface area (Å²) in [5.41, 5.74) is 0.200. The van der Waals surface area contributed by atoms with Gasteiger partial charge in [-0.2, -0.15) is 0 Å². The monoisotopic (exact) mass is 445 g/mol. The zero-order valence-electron chi connectivity index (χ0n) is 16.3. The largest absolute Gasteiger partial charge is 0.347 e. The van der Waals surface area contributed by atoms with E-state index in [2.05, 4.69) is 10.6 Å². The predicted octanol–water partition coefficient (Wildman–Crippen LogP) is 4.03. The molecule has 0 bridgehead atoms. The highest BCUT2D eigenvalue weighted by Gasteiger charge is 2.49. The summed E-state index contributed by atoms with van der Waals surface area (Å²) in [7, 11) is 0. The number of imide groups is 1. The van der Waals surface area contributed by atoms with E-state index in [1.54, 1.807) is 25.1 Å². The fourth-order valence-corrected chi connectivity index (χ4v) is 4.07. The van der Waals surface area contributed by atoms with Crippen molar-refractivity contribution in [2.75, 3.05) is 6.54 Å². The van der Waals surface area contributed by atoms with Crippen LogP contribution in [0.2, 0.25) is 10.0 Å². The second kappa shape index (κ2) is 7.93. The Morgan fingerprint density at radius 2 is 1.87 bits per heavy atom. The Labute approximate surface area is 184 Å². The van der Waals surface area contributed by atoms with Crippen molar-refractivity contribution in [3.63, 3.8) is 0 Å². The molecule has 2 aliphatic rings. The number of halogens is 2. The number of nitrogens with zero attached hydrogens (tertiary/aromatic N) is 1. The molecule has 1 aliphatic carbocycles. The van der Waals surface area contributed by atoms with Gasteiger partial charge >= 0.3 is 6.03 Å². The fourth-order valence-electron chi connectivity index (χ4n) is 3.77. The molecular weight excluding hydrogens is 425 g/mol. The molecule has 156 valence electrons. The van der Waals surface area contributed by atoms with Crippen LogP contribution in [0.4, 0.5) is 4.79 Å². The first kappa shape index (κ1) is 20.7. The van der Waals surface area contributed by atoms with Crippen molar-refractivity contribution in [2.24, 2.45) is 5.92 Å². The number of nitrogens with one attached hydrogen (secondary N) is 2. The van der Waals surface area contributed by atoms with Crippen LogP contribution in [0.15, 0.2) is 48.5 Å². The normalized spacial score (nSPS) is 22.0. The number of hydrogen-bond donors (Lipinski definition) is 2. The van der Waals surface area contributed by atoms with Gasteiger partial charge in [0, 0.05) is 0 Å². The van der Waals surface area contributed by atoms with Crippen molar-refractivity contribution in [2.45, 2.75) is 31.3 Å². The van der Waals surface area contributed by atoms with E-state index in [0.29, 0.717) is 16.5 Å². The molecule has 0 radical (unpaired) electrons. The number of amides is 4. The Balaban J connectivity index is 1.49. The molecule has 1 saturated heterocycles. The molecule has 30 heavy (non-hydrogen) atoms. The Morgan fingerprint density at radius 1 is 1.17 bits per heavy atom. The van der Waals surface area contributed by atoms with Gasteiger partial charge in [0.15, 0.2) is 0 Å². The Hall–Kier alpha value is -2.57. The average molecular weight is 446 g/mol. The van der Waals surface area contributed by atoms with Crippen LogP contribution < -0.4 is 10.6 Å². The van der Waals surface area contributed by atoms with Crippen LogP contribution in [-0.4, -0.2) is 29.3 Å². The lowest BCUT2D eigenvalue weighted by Gasteiger charge is -2.23. The minimum Gasteiger partial charge on any atom is -0.347 e. The van der Waals surface area contributed by atoms with E-state index in [1.165, 1.54) is 0 Å². The van der Waals surface area contributed by atoms with Crippen molar-refractivity contribution in [3.8, 4) is 0 Å². The molecule has 4 amide bonds. The molecule has 2 aromatic rings. The number of carbonyl (C=O) groups is 3. The first-order valence-corrected chi connectivity index (χ1v) is 10.5. The standard InChI is InChI=1S/C22H21Cl2N3O3/c1-22(15-9-10-16(23)17(24)11-15)20(29)27(21(30)26-22)12-18(28)25-19(14-7-8-14)13-5-3-2-4-6-13/h2-6,9-11,14,19H,7-8,12H2,1H3,(H,25,28)(H,26,30). The highest BCUT2D eigenvalue weighted by Crippen LogP contribution is 2.41. The zero-order valence-corrected chi connectivity index (χ0v) is 17.8. The van der Waals surface area contributed by atoms with Crippen molar-refractivity contribution in [3.05, 3.63) is 69.7 Å². The van der Waals surface area contributed by atoms with E-state index < -0.39 is 17.5 Å². The SMILES string of the molecule is CC1(c2ccc(Cl)c(Cl)c2)NC(=O)N(CC(=O)NC(c2ccccc2)C2CC2)C1=O. The lowest BCUT2D eigenvalue weighted by Crippen LogP contribution is -2.44. The summed E-state index contributed by atoms with van der Waals surface area (Å²) >= 11 is 12.0. The minimum absolute atomic E-state index is 0.124. The summed E-state index contributed by atoms with van der Waals surface area (Å²) in [5.74, 6) is -0.512. The second-order valence-corrected chi connectivity index (χ2v) is 8.68. The smallest absolute Gasteiger partial charge is 0.325 e. The average Bonchev–Trinajstić information content (AvgIpc) is 3.54. The molecule has 4 rings (SSSR count). The first-order valence-electron chi connectivity index (χ1n) is 9.73. The topological polar surface area (TPSA) is 78.5 Å². The summed E-state index contributed by atoms with van der Waals surface area (Å²) in [4.78, 5) is 39.2. The number of carbonyl (C=O) groups excluding carboxylic acids is 3. The van der Waals surface area contributed by atoms with Crippen LogP contribution in [0.1, 0.15) is 36.9 Å². The van der Waals surface area contributed by atoms with Gasteiger partial charge in [0.05, 0.1) is 16.1 Å². The molecule has 8 heteroatoms. The van der Waals surface area contributed by atoms with Crippen molar-refractivity contribution in [1.82, 2.24) is 15.5 Å². The third-order valence-corrected chi connectivity index (χ3v) is 6.38. The molecule has 2 fully saturated rings. The molecular formula is C22H21Cl2N3O3. The van der Waals surface area contributed by atoms with E-state index in [9.17, 15) is 14.4 Å². The number of hydrogen-bond acceptors (Lipinski definition) is 3. The molecule has 0 aromatic heterocycles. The van der Waals surface area contributed by atoms with Crippen LogP contribution in [-0.2, 0) is 15.1 Å². The van der Waals surface area contributed by atoms with E-state index in [-0.39, 0.29) is 23.5 Å². The van der Waals surface area contributed by atoms with Gasteiger partial charge in [-0.05, 0) is 48.9 Å².